The number of anilines is 1. The SMILES string of the molecule is Cc1ccccc1N(CCC(=O)O)C(=O)[C@@H](N)CC(C)C. The predicted molar refractivity (Wildman–Crippen MR) is 83.2 cm³/mol. The first-order valence-corrected chi connectivity index (χ1v) is 7.17. The van der Waals surface area contributed by atoms with Crippen LogP contribution in [-0.4, -0.2) is 29.6 Å². The molecule has 5 nitrogen and oxygen atoms in total. The van der Waals surface area contributed by atoms with Crippen LogP contribution in [0.5, 0.6) is 0 Å². The molecule has 0 aliphatic carbocycles. The molecule has 0 saturated heterocycles. The van der Waals surface area contributed by atoms with Gasteiger partial charge in [0.2, 0.25) is 5.91 Å². The van der Waals surface area contributed by atoms with Gasteiger partial charge in [-0.05, 0) is 30.9 Å². The summed E-state index contributed by atoms with van der Waals surface area (Å²) in [6, 6.07) is 6.81. The number of hydrogen-bond donors (Lipinski definition) is 2. The third-order valence-corrected chi connectivity index (χ3v) is 3.26. The number of amides is 1. The maximum atomic E-state index is 12.6. The van der Waals surface area contributed by atoms with Crippen LogP contribution in [0.15, 0.2) is 24.3 Å². The average Bonchev–Trinajstić information content (AvgIpc) is 2.39. The summed E-state index contributed by atoms with van der Waals surface area (Å²) in [5.41, 5.74) is 7.62. The number of carbonyl (C=O) groups excluding carboxylic acids is 1. The third-order valence-electron chi connectivity index (χ3n) is 3.26. The van der Waals surface area contributed by atoms with Crippen LogP contribution in [-0.2, 0) is 9.59 Å². The molecular weight excluding hydrogens is 268 g/mol. The van der Waals surface area contributed by atoms with Crippen molar-refractivity contribution in [2.24, 2.45) is 11.7 Å². The van der Waals surface area contributed by atoms with Gasteiger partial charge in [-0.2, -0.15) is 0 Å². The minimum absolute atomic E-state index is 0.103. The van der Waals surface area contributed by atoms with Crippen molar-refractivity contribution in [1.29, 1.82) is 0 Å². The standard InChI is InChI=1S/C16H24N2O3/c1-11(2)10-13(17)16(21)18(9-8-15(19)20)14-7-5-4-6-12(14)3/h4-7,11,13H,8-10,17H2,1-3H3,(H,19,20)/t13-/m0/s1. The number of aryl methyl sites for hydroxylation is 1. The number of hydrogen-bond acceptors (Lipinski definition) is 3. The van der Waals surface area contributed by atoms with Crippen LogP contribution < -0.4 is 10.6 Å². The van der Waals surface area contributed by atoms with Crippen LogP contribution in [0.1, 0.15) is 32.3 Å². The van der Waals surface area contributed by atoms with Crippen molar-refractivity contribution in [3.63, 3.8) is 0 Å². The summed E-state index contributed by atoms with van der Waals surface area (Å²) >= 11 is 0. The van der Waals surface area contributed by atoms with E-state index in [1.165, 1.54) is 4.90 Å². The van der Waals surface area contributed by atoms with Crippen molar-refractivity contribution < 1.29 is 14.7 Å². The van der Waals surface area contributed by atoms with Crippen LogP contribution in [0.4, 0.5) is 5.69 Å². The number of benzene rings is 1. The minimum Gasteiger partial charge on any atom is -0.481 e. The molecule has 1 aromatic carbocycles. The van der Waals surface area contributed by atoms with Crippen molar-refractivity contribution in [1.82, 2.24) is 0 Å². The lowest BCUT2D eigenvalue weighted by atomic mass is 10.0. The van der Waals surface area contributed by atoms with E-state index in [9.17, 15) is 9.59 Å². The lowest BCUT2D eigenvalue weighted by Crippen LogP contribution is -2.45. The molecule has 5 heteroatoms. The summed E-state index contributed by atoms with van der Waals surface area (Å²) in [7, 11) is 0. The van der Waals surface area contributed by atoms with Crippen LogP contribution in [0.3, 0.4) is 0 Å². The Morgan fingerprint density at radius 3 is 2.43 bits per heavy atom. The van der Waals surface area contributed by atoms with Gasteiger partial charge < -0.3 is 15.7 Å². The highest BCUT2D eigenvalue weighted by atomic mass is 16.4. The zero-order chi connectivity index (χ0) is 16.0. The maximum absolute atomic E-state index is 12.6. The Labute approximate surface area is 125 Å². The number of carboxylic acid groups (broad SMARTS) is 1. The lowest BCUT2D eigenvalue weighted by molar-refractivity contribution is -0.136. The highest BCUT2D eigenvalue weighted by Crippen LogP contribution is 2.21. The Kier molecular flexibility index (Phi) is 6.37. The molecule has 0 bridgehead atoms. The molecule has 3 N–H and O–H groups in total. The molecule has 0 heterocycles. The molecular formula is C16H24N2O3. The van der Waals surface area contributed by atoms with Gasteiger partial charge in [0.05, 0.1) is 12.5 Å². The number of aliphatic carboxylic acids is 1. The molecule has 0 unspecified atom stereocenters. The Balaban J connectivity index is 2.99. The minimum atomic E-state index is -0.932. The number of carboxylic acids is 1. The van der Waals surface area contributed by atoms with E-state index in [-0.39, 0.29) is 18.9 Å². The molecule has 21 heavy (non-hydrogen) atoms. The van der Waals surface area contributed by atoms with Gasteiger partial charge in [0.25, 0.3) is 0 Å². The van der Waals surface area contributed by atoms with Crippen molar-refractivity contribution in [3.05, 3.63) is 29.8 Å². The van der Waals surface area contributed by atoms with Crippen molar-refractivity contribution in [3.8, 4) is 0 Å². The van der Waals surface area contributed by atoms with E-state index in [1.54, 1.807) is 0 Å². The normalized spacial score (nSPS) is 12.2. The van der Waals surface area contributed by atoms with Crippen LogP contribution >= 0.6 is 0 Å². The molecule has 1 atom stereocenters. The van der Waals surface area contributed by atoms with Crippen LogP contribution in [0.25, 0.3) is 0 Å². The van der Waals surface area contributed by atoms with E-state index in [1.807, 2.05) is 45.0 Å². The van der Waals surface area contributed by atoms with E-state index in [0.717, 1.165) is 11.3 Å². The fourth-order valence-corrected chi connectivity index (χ4v) is 2.23. The number of rotatable bonds is 7. The smallest absolute Gasteiger partial charge is 0.305 e. The summed E-state index contributed by atoms with van der Waals surface area (Å²) in [6.07, 6.45) is 0.475. The van der Waals surface area contributed by atoms with Gasteiger partial charge in [-0.3, -0.25) is 9.59 Å². The third kappa shape index (κ3) is 5.19. The van der Waals surface area contributed by atoms with Crippen molar-refractivity contribution in [2.75, 3.05) is 11.4 Å². The van der Waals surface area contributed by atoms with Crippen molar-refractivity contribution in [2.45, 2.75) is 39.7 Å². The van der Waals surface area contributed by atoms with Crippen LogP contribution in [0, 0.1) is 12.8 Å². The Morgan fingerprint density at radius 1 is 1.29 bits per heavy atom. The number of nitrogens with zero attached hydrogens (tertiary/aromatic N) is 1. The molecule has 0 aliphatic rings. The molecule has 0 saturated carbocycles. The first-order valence-electron chi connectivity index (χ1n) is 7.17. The lowest BCUT2D eigenvalue weighted by Gasteiger charge is -2.27. The number of para-hydroxylation sites is 1. The summed E-state index contributed by atoms with van der Waals surface area (Å²) in [5.74, 6) is -0.847. The van der Waals surface area contributed by atoms with Gasteiger partial charge in [0.1, 0.15) is 0 Å². The fraction of sp³-hybridized carbons (Fsp3) is 0.500. The Hall–Kier alpha value is -1.88. The van der Waals surface area contributed by atoms with Crippen molar-refractivity contribution >= 4 is 17.6 Å². The first kappa shape index (κ1) is 17.2. The molecule has 1 amide bonds. The van der Waals surface area contributed by atoms with Crippen LogP contribution in [0.2, 0.25) is 0 Å². The molecule has 0 spiro atoms. The van der Waals surface area contributed by atoms with E-state index < -0.39 is 12.0 Å². The maximum Gasteiger partial charge on any atom is 0.305 e. The number of nitrogens with two attached hydrogens (primary N) is 1. The zero-order valence-electron chi connectivity index (χ0n) is 12.9. The summed E-state index contributed by atoms with van der Waals surface area (Å²) in [6.45, 7) is 6.03. The Morgan fingerprint density at radius 2 is 1.90 bits per heavy atom. The molecule has 1 rings (SSSR count). The van der Waals surface area contributed by atoms with E-state index in [0.29, 0.717) is 12.3 Å². The highest BCUT2D eigenvalue weighted by Gasteiger charge is 2.24. The van der Waals surface area contributed by atoms with Gasteiger partial charge in [0, 0.05) is 12.2 Å². The van der Waals surface area contributed by atoms with Gasteiger partial charge in [0.15, 0.2) is 0 Å². The van der Waals surface area contributed by atoms with Gasteiger partial charge in [-0.15, -0.1) is 0 Å². The molecule has 116 valence electrons. The second-order valence-corrected chi connectivity index (χ2v) is 5.66. The largest absolute Gasteiger partial charge is 0.481 e. The zero-order valence-corrected chi connectivity index (χ0v) is 12.9. The van der Waals surface area contributed by atoms with Gasteiger partial charge in [-0.1, -0.05) is 32.0 Å². The quantitative estimate of drug-likeness (QED) is 0.806. The topological polar surface area (TPSA) is 83.6 Å². The van der Waals surface area contributed by atoms with Gasteiger partial charge in [-0.25, -0.2) is 0 Å². The van der Waals surface area contributed by atoms with E-state index in [2.05, 4.69) is 0 Å². The summed E-state index contributed by atoms with van der Waals surface area (Å²) in [5, 5.41) is 8.88. The average molecular weight is 292 g/mol. The molecule has 1 aromatic rings. The second kappa shape index (κ2) is 7.78. The number of carbonyl (C=O) groups is 2. The van der Waals surface area contributed by atoms with Gasteiger partial charge >= 0.3 is 5.97 Å². The molecule has 0 radical (unpaired) electrons. The fourth-order valence-electron chi connectivity index (χ4n) is 2.23. The molecule has 0 aliphatic heterocycles. The molecule has 0 aromatic heterocycles. The first-order chi connectivity index (χ1) is 9.82. The Bertz CT molecular complexity index is 500. The highest BCUT2D eigenvalue weighted by molar-refractivity contribution is 5.98. The molecule has 0 fully saturated rings. The van der Waals surface area contributed by atoms with E-state index >= 15 is 0 Å². The van der Waals surface area contributed by atoms with E-state index in [4.69, 9.17) is 10.8 Å². The second-order valence-electron chi connectivity index (χ2n) is 5.66. The monoisotopic (exact) mass is 292 g/mol. The summed E-state index contributed by atoms with van der Waals surface area (Å²) in [4.78, 5) is 24.9. The predicted octanol–water partition coefficient (Wildman–Crippen LogP) is 2.18. The summed E-state index contributed by atoms with van der Waals surface area (Å²) < 4.78 is 0.